The molecule has 0 radical (unpaired) electrons. The van der Waals surface area contributed by atoms with Crippen molar-refractivity contribution in [3.05, 3.63) is 28.6 Å². The molecule has 0 spiro atoms. The first-order valence-corrected chi connectivity index (χ1v) is 11.2. The Hall–Kier alpha value is -1.69. The lowest BCUT2D eigenvalue weighted by Gasteiger charge is -2.34. The van der Waals surface area contributed by atoms with Gasteiger partial charge < -0.3 is 15.1 Å². The third-order valence-electron chi connectivity index (χ3n) is 4.04. The molecule has 1 saturated heterocycles. The summed E-state index contributed by atoms with van der Waals surface area (Å²) in [6.45, 7) is 3.10. The van der Waals surface area contributed by atoms with Crippen molar-refractivity contribution in [2.24, 2.45) is 0 Å². The minimum atomic E-state index is -3.42. The van der Waals surface area contributed by atoms with Gasteiger partial charge in [0.1, 0.15) is 4.21 Å². The third kappa shape index (κ3) is 4.17. The average Bonchev–Trinajstić information content (AvgIpc) is 3.31. The van der Waals surface area contributed by atoms with E-state index >= 15 is 0 Å². The maximum absolute atomic E-state index is 12.3. The van der Waals surface area contributed by atoms with Crippen molar-refractivity contribution in [1.82, 2.24) is 19.5 Å². The molecule has 8 nitrogen and oxygen atoms in total. The molecule has 2 amide bonds. The quantitative estimate of drug-likeness (QED) is 0.800. The molecule has 0 saturated carbocycles. The number of carbonyl (C=O) groups is 1. The van der Waals surface area contributed by atoms with Gasteiger partial charge in [0.15, 0.2) is 5.13 Å². The molecule has 3 rings (SSSR count). The highest BCUT2D eigenvalue weighted by Gasteiger charge is 2.23. The maximum Gasteiger partial charge on any atom is 0.317 e. The van der Waals surface area contributed by atoms with Crippen LogP contribution < -0.4 is 10.2 Å². The third-order valence-corrected chi connectivity index (χ3v) is 8.24. The molecule has 0 unspecified atom stereocenters. The Kier molecular flexibility index (Phi) is 5.80. The number of aromatic nitrogens is 1. The maximum atomic E-state index is 12.3. The van der Waals surface area contributed by atoms with E-state index in [9.17, 15) is 13.2 Å². The van der Waals surface area contributed by atoms with Gasteiger partial charge in [-0.15, -0.1) is 22.7 Å². The molecule has 0 aliphatic carbocycles. The summed E-state index contributed by atoms with van der Waals surface area (Å²) in [5.41, 5.74) is 0. The van der Waals surface area contributed by atoms with Crippen molar-refractivity contribution in [3.63, 3.8) is 0 Å². The minimum Gasteiger partial charge on any atom is -0.345 e. The molecule has 1 fully saturated rings. The number of thiazole rings is 1. The normalized spacial score (nSPS) is 15.5. The van der Waals surface area contributed by atoms with Crippen LogP contribution in [-0.4, -0.2) is 68.9 Å². The van der Waals surface area contributed by atoms with Crippen LogP contribution in [0.2, 0.25) is 0 Å². The minimum absolute atomic E-state index is 0.130. The number of piperazine rings is 1. The standard InChI is InChI=1S/C15H21N5O3S3/c1-18(2)26(22,23)13-4-3-12(25-13)11-17-14(21)19-6-8-20(9-7-19)15-16-5-10-24-15/h3-5,10H,6-9,11H2,1-2H3,(H,17,21). The number of carbonyl (C=O) groups excluding carboxylic acids is 1. The lowest BCUT2D eigenvalue weighted by Crippen LogP contribution is -2.51. The highest BCUT2D eigenvalue weighted by molar-refractivity contribution is 7.91. The van der Waals surface area contributed by atoms with Crippen molar-refractivity contribution >= 4 is 43.9 Å². The van der Waals surface area contributed by atoms with Gasteiger partial charge in [-0.25, -0.2) is 22.5 Å². The van der Waals surface area contributed by atoms with Crippen molar-refractivity contribution in [2.45, 2.75) is 10.8 Å². The molecule has 3 heterocycles. The fourth-order valence-corrected chi connectivity index (χ4v) is 5.68. The van der Waals surface area contributed by atoms with Gasteiger partial charge in [-0.1, -0.05) is 0 Å². The second-order valence-corrected chi connectivity index (χ2v) is 10.4. The summed E-state index contributed by atoms with van der Waals surface area (Å²) >= 11 is 2.77. The van der Waals surface area contributed by atoms with Crippen LogP contribution >= 0.6 is 22.7 Å². The van der Waals surface area contributed by atoms with Crippen LogP contribution in [0.1, 0.15) is 4.88 Å². The van der Waals surface area contributed by atoms with E-state index in [-0.39, 0.29) is 10.2 Å². The summed E-state index contributed by atoms with van der Waals surface area (Å²) < 4.78 is 25.6. The number of rotatable bonds is 5. The van der Waals surface area contributed by atoms with E-state index in [1.807, 2.05) is 5.38 Å². The number of amides is 2. The molecular weight excluding hydrogens is 394 g/mol. The Morgan fingerprint density at radius 3 is 2.62 bits per heavy atom. The summed E-state index contributed by atoms with van der Waals surface area (Å²) in [5, 5.41) is 5.80. The van der Waals surface area contributed by atoms with Crippen LogP contribution in [0.5, 0.6) is 0 Å². The van der Waals surface area contributed by atoms with E-state index in [1.54, 1.807) is 34.6 Å². The van der Waals surface area contributed by atoms with Gasteiger partial charge in [0.2, 0.25) is 0 Å². The van der Waals surface area contributed by atoms with E-state index in [0.717, 1.165) is 23.1 Å². The molecule has 0 atom stereocenters. The van der Waals surface area contributed by atoms with Gasteiger partial charge in [0.05, 0.1) is 6.54 Å². The Bertz CT molecular complexity index is 840. The van der Waals surface area contributed by atoms with Gasteiger partial charge in [-0.2, -0.15) is 0 Å². The Balaban J connectivity index is 1.50. The van der Waals surface area contributed by atoms with Crippen LogP contribution in [0, 0.1) is 0 Å². The Morgan fingerprint density at radius 1 is 1.27 bits per heavy atom. The SMILES string of the molecule is CN(C)S(=O)(=O)c1ccc(CNC(=O)N2CCN(c3nccs3)CC2)s1. The molecule has 2 aromatic rings. The second-order valence-electron chi connectivity index (χ2n) is 5.96. The van der Waals surface area contributed by atoms with Crippen LogP contribution in [0.3, 0.4) is 0 Å². The molecule has 142 valence electrons. The van der Waals surface area contributed by atoms with Crippen LogP contribution in [0.25, 0.3) is 0 Å². The summed E-state index contributed by atoms with van der Waals surface area (Å²) in [5.74, 6) is 0. The summed E-state index contributed by atoms with van der Waals surface area (Å²) in [6, 6.07) is 3.19. The lowest BCUT2D eigenvalue weighted by atomic mass is 10.3. The predicted molar refractivity (Wildman–Crippen MR) is 103 cm³/mol. The number of hydrogen-bond donors (Lipinski definition) is 1. The van der Waals surface area contributed by atoms with Gasteiger partial charge >= 0.3 is 6.03 Å². The first-order chi connectivity index (χ1) is 12.4. The molecule has 26 heavy (non-hydrogen) atoms. The number of hydrogen-bond acceptors (Lipinski definition) is 7. The van der Waals surface area contributed by atoms with Gasteiger partial charge in [0, 0.05) is 56.7 Å². The Morgan fingerprint density at radius 2 is 2.00 bits per heavy atom. The Labute approximate surface area is 161 Å². The first-order valence-electron chi connectivity index (χ1n) is 8.06. The monoisotopic (exact) mass is 415 g/mol. The molecule has 1 aliphatic rings. The molecule has 11 heteroatoms. The van der Waals surface area contributed by atoms with E-state index in [0.29, 0.717) is 19.6 Å². The van der Waals surface area contributed by atoms with Gasteiger partial charge in [-0.3, -0.25) is 0 Å². The number of nitrogens with zero attached hydrogens (tertiary/aromatic N) is 4. The topological polar surface area (TPSA) is 85.8 Å². The van der Waals surface area contributed by atoms with Crippen LogP contribution in [-0.2, 0) is 16.6 Å². The fourth-order valence-electron chi connectivity index (χ4n) is 2.52. The molecule has 0 bridgehead atoms. The van der Waals surface area contributed by atoms with Crippen LogP contribution in [0.4, 0.5) is 9.93 Å². The van der Waals surface area contributed by atoms with E-state index in [1.165, 1.54) is 29.7 Å². The number of sulfonamides is 1. The number of nitrogens with one attached hydrogen (secondary N) is 1. The lowest BCUT2D eigenvalue weighted by molar-refractivity contribution is 0.194. The predicted octanol–water partition coefficient (Wildman–Crippen LogP) is 1.49. The second kappa shape index (κ2) is 7.91. The zero-order valence-corrected chi connectivity index (χ0v) is 17.0. The highest BCUT2D eigenvalue weighted by Crippen LogP contribution is 2.24. The zero-order valence-electron chi connectivity index (χ0n) is 14.6. The van der Waals surface area contributed by atoms with Crippen LogP contribution in [0.15, 0.2) is 27.9 Å². The molecule has 0 aromatic carbocycles. The summed E-state index contributed by atoms with van der Waals surface area (Å²) in [7, 11) is -0.421. The highest BCUT2D eigenvalue weighted by atomic mass is 32.2. The van der Waals surface area contributed by atoms with E-state index in [2.05, 4.69) is 15.2 Å². The first kappa shape index (κ1) is 19.1. The van der Waals surface area contributed by atoms with Crippen molar-refractivity contribution in [3.8, 4) is 0 Å². The average molecular weight is 416 g/mol. The summed E-state index contributed by atoms with van der Waals surface area (Å²) in [4.78, 5) is 21.4. The fraction of sp³-hybridized carbons (Fsp3) is 0.467. The van der Waals surface area contributed by atoms with E-state index < -0.39 is 10.0 Å². The van der Waals surface area contributed by atoms with Crippen molar-refractivity contribution < 1.29 is 13.2 Å². The largest absolute Gasteiger partial charge is 0.345 e. The van der Waals surface area contributed by atoms with Crippen molar-refractivity contribution in [2.75, 3.05) is 45.2 Å². The van der Waals surface area contributed by atoms with Gasteiger partial charge in [-0.05, 0) is 12.1 Å². The summed E-state index contributed by atoms with van der Waals surface area (Å²) in [6.07, 6.45) is 1.78. The molecule has 1 N–H and O–H groups in total. The molecule has 1 aliphatic heterocycles. The zero-order chi connectivity index (χ0) is 18.7. The number of anilines is 1. The smallest absolute Gasteiger partial charge is 0.317 e. The molecular formula is C15H21N5O3S3. The van der Waals surface area contributed by atoms with Gasteiger partial charge in [0.25, 0.3) is 10.0 Å². The van der Waals surface area contributed by atoms with E-state index in [4.69, 9.17) is 0 Å². The number of thiophene rings is 1. The number of urea groups is 1. The molecule has 2 aromatic heterocycles. The van der Waals surface area contributed by atoms with Crippen molar-refractivity contribution in [1.29, 1.82) is 0 Å².